The van der Waals surface area contributed by atoms with Crippen LogP contribution in [0.2, 0.25) is 0 Å². The van der Waals surface area contributed by atoms with Crippen molar-refractivity contribution in [1.82, 2.24) is 10.3 Å². The molecular weight excluding hydrogens is 411 g/mol. The zero-order valence-corrected chi connectivity index (χ0v) is 17.0. The zero-order chi connectivity index (χ0) is 22.5. The second-order valence-electron chi connectivity index (χ2n) is 7.13. The van der Waals surface area contributed by atoms with Crippen molar-refractivity contribution in [3.05, 3.63) is 89.0 Å². The van der Waals surface area contributed by atoms with E-state index >= 15 is 0 Å². The molecule has 0 spiro atoms. The smallest absolute Gasteiger partial charge is 0.407 e. The van der Waals surface area contributed by atoms with E-state index < -0.39 is 23.4 Å². The van der Waals surface area contributed by atoms with Crippen LogP contribution in [0, 0.1) is 17.7 Å². The molecule has 6 nitrogen and oxygen atoms in total. The fourth-order valence-corrected chi connectivity index (χ4v) is 3.72. The van der Waals surface area contributed by atoms with Gasteiger partial charge in [0.05, 0.1) is 5.56 Å². The van der Waals surface area contributed by atoms with Crippen LogP contribution >= 0.6 is 0 Å². The van der Waals surface area contributed by atoms with Gasteiger partial charge in [0.25, 0.3) is 0 Å². The summed E-state index contributed by atoms with van der Waals surface area (Å²) in [5, 5.41) is 11.5. The summed E-state index contributed by atoms with van der Waals surface area (Å²) in [6.45, 7) is 0.409. The van der Waals surface area contributed by atoms with Gasteiger partial charge < -0.3 is 15.2 Å². The third-order valence-corrected chi connectivity index (χ3v) is 5.19. The van der Waals surface area contributed by atoms with Crippen molar-refractivity contribution in [2.45, 2.75) is 12.3 Å². The van der Waals surface area contributed by atoms with Crippen LogP contribution in [0.5, 0.6) is 0 Å². The van der Waals surface area contributed by atoms with Crippen molar-refractivity contribution in [3.63, 3.8) is 0 Å². The molecule has 2 aromatic carbocycles. The highest BCUT2D eigenvalue weighted by Gasteiger charge is 2.28. The topological polar surface area (TPSA) is 88.5 Å². The van der Waals surface area contributed by atoms with Gasteiger partial charge in [0.2, 0.25) is 0 Å². The Kier molecular flexibility index (Phi) is 6.13. The molecule has 0 saturated carbocycles. The van der Waals surface area contributed by atoms with Gasteiger partial charge in [0.1, 0.15) is 12.3 Å². The van der Waals surface area contributed by atoms with E-state index in [9.17, 15) is 14.0 Å². The Morgan fingerprint density at radius 3 is 2.38 bits per heavy atom. The molecule has 0 saturated heterocycles. The number of carbonyl (C=O) groups excluding carboxylic acids is 1. The van der Waals surface area contributed by atoms with E-state index in [2.05, 4.69) is 34.3 Å². The number of rotatable bonds is 5. The van der Waals surface area contributed by atoms with E-state index in [0.29, 0.717) is 0 Å². The maximum atomic E-state index is 14.0. The van der Waals surface area contributed by atoms with Crippen LogP contribution in [0.15, 0.2) is 60.8 Å². The number of aromatic carboxylic acids is 1. The molecule has 0 fully saturated rings. The Morgan fingerprint density at radius 2 is 1.72 bits per heavy atom. The average Bonchev–Trinajstić information content (AvgIpc) is 3.12. The second-order valence-corrected chi connectivity index (χ2v) is 7.13. The molecule has 0 radical (unpaired) electrons. The molecular formula is C25H19FN2O4. The van der Waals surface area contributed by atoms with Crippen LogP contribution < -0.4 is 5.32 Å². The monoisotopic (exact) mass is 430 g/mol. The second kappa shape index (κ2) is 9.31. The maximum absolute atomic E-state index is 14.0. The van der Waals surface area contributed by atoms with Gasteiger partial charge in [-0.3, -0.25) is 0 Å². The summed E-state index contributed by atoms with van der Waals surface area (Å²) in [4.78, 5) is 26.8. The van der Waals surface area contributed by atoms with Crippen LogP contribution in [0.1, 0.15) is 39.5 Å². The Labute approximate surface area is 184 Å². The number of carboxylic acid groups (broad SMARTS) is 1. The molecule has 0 bridgehead atoms. The Balaban J connectivity index is 1.30. The summed E-state index contributed by atoms with van der Waals surface area (Å²) in [7, 11) is 0. The number of nitrogens with one attached hydrogen (secondary N) is 1. The summed E-state index contributed by atoms with van der Waals surface area (Å²) >= 11 is 0. The van der Waals surface area contributed by atoms with Crippen LogP contribution in [-0.4, -0.2) is 35.3 Å². The number of fused-ring (bicyclic) bond motifs is 3. The molecule has 1 heterocycles. The van der Waals surface area contributed by atoms with Crippen LogP contribution in [0.4, 0.5) is 9.18 Å². The first-order valence-corrected chi connectivity index (χ1v) is 10.0. The number of halogens is 1. The van der Waals surface area contributed by atoms with E-state index in [0.717, 1.165) is 28.3 Å². The standard InChI is InChI=1S/C25H19FN2O4/c26-23-20(24(29)30)12-14-27-22(23)11-5-6-13-28-25(31)32-15-21-18-9-3-1-7-16(18)17-8-2-4-10-19(17)21/h1-4,7-10,12,14,21H,6,13,15H2,(H,28,31)(H,29,30). The first-order valence-electron chi connectivity index (χ1n) is 10.0. The lowest BCUT2D eigenvalue weighted by Crippen LogP contribution is -2.26. The van der Waals surface area contributed by atoms with Gasteiger partial charge in [-0.15, -0.1) is 0 Å². The zero-order valence-electron chi connectivity index (χ0n) is 17.0. The van der Waals surface area contributed by atoms with E-state index in [-0.39, 0.29) is 31.2 Å². The van der Waals surface area contributed by atoms with Gasteiger partial charge in [0, 0.05) is 25.1 Å². The van der Waals surface area contributed by atoms with Gasteiger partial charge in [-0.1, -0.05) is 54.5 Å². The lowest BCUT2D eigenvalue weighted by Gasteiger charge is -2.14. The molecule has 160 valence electrons. The number of hydrogen-bond acceptors (Lipinski definition) is 4. The van der Waals surface area contributed by atoms with Crippen LogP contribution in [-0.2, 0) is 4.74 Å². The van der Waals surface area contributed by atoms with Crippen molar-refractivity contribution in [2.75, 3.05) is 13.2 Å². The predicted octanol–water partition coefficient (Wildman–Crippen LogP) is 4.20. The number of amides is 1. The summed E-state index contributed by atoms with van der Waals surface area (Å²) in [6, 6.07) is 17.2. The molecule has 0 aliphatic heterocycles. The number of nitrogens with zero attached hydrogens (tertiary/aromatic N) is 1. The fourth-order valence-electron chi connectivity index (χ4n) is 3.72. The molecule has 0 atom stereocenters. The van der Waals surface area contributed by atoms with Crippen molar-refractivity contribution >= 4 is 12.1 Å². The predicted molar refractivity (Wildman–Crippen MR) is 116 cm³/mol. The molecule has 1 aliphatic rings. The maximum Gasteiger partial charge on any atom is 0.407 e. The average molecular weight is 430 g/mol. The quantitative estimate of drug-likeness (QED) is 0.468. The van der Waals surface area contributed by atoms with Crippen LogP contribution in [0.25, 0.3) is 11.1 Å². The minimum atomic E-state index is -1.38. The lowest BCUT2D eigenvalue weighted by atomic mass is 9.98. The normalized spacial score (nSPS) is 11.7. The number of benzene rings is 2. The molecule has 1 amide bonds. The highest BCUT2D eigenvalue weighted by molar-refractivity contribution is 5.88. The minimum Gasteiger partial charge on any atom is -0.478 e. The Bertz CT molecular complexity index is 1200. The summed E-state index contributed by atoms with van der Waals surface area (Å²) in [5.74, 6) is 2.78. The van der Waals surface area contributed by atoms with Crippen molar-refractivity contribution in [1.29, 1.82) is 0 Å². The highest BCUT2D eigenvalue weighted by Crippen LogP contribution is 2.44. The van der Waals surface area contributed by atoms with Crippen molar-refractivity contribution < 1.29 is 23.8 Å². The molecule has 0 unspecified atom stereocenters. The largest absolute Gasteiger partial charge is 0.478 e. The number of ether oxygens (including phenoxy) is 1. The lowest BCUT2D eigenvalue weighted by molar-refractivity contribution is 0.0691. The SMILES string of the molecule is O=C(NCCC#Cc1nccc(C(=O)O)c1F)OCC1c2ccccc2-c2ccccc21. The molecule has 32 heavy (non-hydrogen) atoms. The first-order chi connectivity index (χ1) is 15.6. The molecule has 1 aromatic heterocycles. The third-order valence-electron chi connectivity index (χ3n) is 5.19. The minimum absolute atomic E-state index is 0.0245. The van der Waals surface area contributed by atoms with Gasteiger partial charge in [0.15, 0.2) is 5.82 Å². The number of aromatic nitrogens is 1. The van der Waals surface area contributed by atoms with Crippen molar-refractivity contribution in [3.8, 4) is 23.0 Å². The Morgan fingerprint density at radius 1 is 1.06 bits per heavy atom. The van der Waals surface area contributed by atoms with Gasteiger partial charge in [-0.2, -0.15) is 0 Å². The summed E-state index contributed by atoms with van der Waals surface area (Å²) in [5.41, 5.74) is 3.84. The van der Waals surface area contributed by atoms with E-state index in [4.69, 9.17) is 9.84 Å². The number of hydrogen-bond donors (Lipinski definition) is 2. The molecule has 1 aliphatic carbocycles. The Hall–Kier alpha value is -4.18. The number of alkyl carbamates (subject to hydrolysis) is 1. The third kappa shape index (κ3) is 4.30. The highest BCUT2D eigenvalue weighted by atomic mass is 19.1. The van der Waals surface area contributed by atoms with Crippen molar-refractivity contribution in [2.24, 2.45) is 0 Å². The fraction of sp³-hybridized carbons (Fsp3) is 0.160. The van der Waals surface area contributed by atoms with E-state index in [1.807, 2.05) is 36.4 Å². The molecule has 7 heteroatoms. The number of carbonyl (C=O) groups is 2. The van der Waals surface area contributed by atoms with E-state index in [1.54, 1.807) is 0 Å². The van der Waals surface area contributed by atoms with Gasteiger partial charge in [-0.05, 0) is 34.2 Å². The molecule has 4 rings (SSSR count). The van der Waals surface area contributed by atoms with Crippen LogP contribution in [0.3, 0.4) is 0 Å². The summed E-state index contributed by atoms with van der Waals surface area (Å²) < 4.78 is 19.4. The molecule has 3 aromatic rings. The number of carboxylic acids is 1. The molecule has 2 N–H and O–H groups in total. The summed E-state index contributed by atoms with van der Waals surface area (Å²) in [6.07, 6.45) is 0.847. The van der Waals surface area contributed by atoms with Gasteiger partial charge in [-0.25, -0.2) is 19.0 Å². The number of pyridine rings is 1. The van der Waals surface area contributed by atoms with E-state index in [1.165, 1.54) is 6.20 Å². The first kappa shape index (κ1) is 21.1. The van der Waals surface area contributed by atoms with Gasteiger partial charge >= 0.3 is 12.1 Å².